The Morgan fingerprint density at radius 3 is 2.71 bits per heavy atom. The quantitative estimate of drug-likeness (QED) is 0.209. The Morgan fingerprint density at radius 2 is 2.07 bits per heavy atom. The van der Waals surface area contributed by atoms with E-state index in [-0.39, 0.29) is 30.7 Å². The number of esters is 1. The second-order valence-corrected chi connectivity index (χ2v) is 12.3. The average Bonchev–Trinajstić information content (AvgIpc) is 3.48. The van der Waals surface area contributed by atoms with Crippen molar-refractivity contribution >= 4 is 28.5 Å². The first kappa shape index (κ1) is 33.1. The fourth-order valence-corrected chi connectivity index (χ4v) is 4.89. The van der Waals surface area contributed by atoms with Crippen molar-refractivity contribution in [1.82, 2.24) is 9.88 Å². The van der Waals surface area contributed by atoms with Gasteiger partial charge >= 0.3 is 12.1 Å². The molecule has 1 aromatic carbocycles. The smallest absolute Gasteiger partial charge is 0.410 e. The van der Waals surface area contributed by atoms with Gasteiger partial charge in [-0.05, 0) is 72.1 Å². The van der Waals surface area contributed by atoms with Crippen LogP contribution in [0.15, 0.2) is 18.2 Å². The molecule has 1 amide bonds. The number of aromatic nitrogens is 1. The molecule has 1 atom stereocenters. The molecule has 0 radical (unpaired) electrons. The number of rotatable bonds is 11. The number of aryl methyl sites for hydroxylation is 1. The molecule has 42 heavy (non-hydrogen) atoms. The standard InChI is InChI=1S/C30H40FN3O7S/c1-29(2,3)41-28(36)34(6)16-8-10-20-12-13-23(22(31)18-20)38-17-9-11-24-25(26(35)37-7)33-27(42-24)32-15-14-21-19-39-30(4,5)40-21/h12-13,18,21H,9,11,14-17,19H2,1-7H3,(H,32,33). The van der Waals surface area contributed by atoms with E-state index in [1.807, 2.05) is 13.8 Å². The van der Waals surface area contributed by atoms with Crippen molar-refractivity contribution in [2.24, 2.45) is 0 Å². The van der Waals surface area contributed by atoms with Crippen LogP contribution in [0.1, 0.15) is 68.4 Å². The van der Waals surface area contributed by atoms with Crippen molar-refractivity contribution in [3.63, 3.8) is 0 Å². The van der Waals surface area contributed by atoms with Gasteiger partial charge in [0.05, 0.1) is 33.0 Å². The summed E-state index contributed by atoms with van der Waals surface area (Å²) in [6.45, 7) is 10.7. The predicted octanol–water partition coefficient (Wildman–Crippen LogP) is 5.25. The number of carbonyl (C=O) groups is 2. The number of nitrogens with zero attached hydrogens (tertiary/aromatic N) is 2. The molecule has 1 aromatic heterocycles. The lowest BCUT2D eigenvalue weighted by Crippen LogP contribution is -2.34. The molecule has 0 spiro atoms. The molecule has 2 heterocycles. The molecule has 0 aliphatic carbocycles. The minimum absolute atomic E-state index is 0.00321. The molecule has 12 heteroatoms. The topological polar surface area (TPSA) is 108 Å². The van der Waals surface area contributed by atoms with E-state index in [1.165, 1.54) is 35.5 Å². The Kier molecular flexibility index (Phi) is 11.6. The number of carbonyl (C=O) groups excluding carboxylic acids is 2. The summed E-state index contributed by atoms with van der Waals surface area (Å²) in [4.78, 5) is 30.8. The van der Waals surface area contributed by atoms with Crippen LogP contribution < -0.4 is 10.1 Å². The molecule has 1 aliphatic heterocycles. The highest BCUT2D eigenvalue weighted by Crippen LogP contribution is 2.27. The van der Waals surface area contributed by atoms with Gasteiger partial charge in [0.15, 0.2) is 28.2 Å². The summed E-state index contributed by atoms with van der Waals surface area (Å²) in [6, 6.07) is 4.46. The van der Waals surface area contributed by atoms with Crippen LogP contribution in [0.2, 0.25) is 0 Å². The number of ether oxygens (including phenoxy) is 5. The third kappa shape index (κ3) is 10.5. The van der Waals surface area contributed by atoms with Crippen molar-refractivity contribution in [2.75, 3.05) is 45.8 Å². The highest BCUT2D eigenvalue weighted by molar-refractivity contribution is 7.15. The fraction of sp³-hybridized carbons (Fsp3) is 0.567. The number of hydrogen-bond donors (Lipinski definition) is 1. The van der Waals surface area contributed by atoms with Gasteiger partial charge in [-0.1, -0.05) is 11.8 Å². The van der Waals surface area contributed by atoms with Gasteiger partial charge in [-0.25, -0.2) is 19.0 Å². The first-order chi connectivity index (χ1) is 19.8. The molecule has 2 aromatic rings. The summed E-state index contributed by atoms with van der Waals surface area (Å²) in [5.41, 5.74) is 0.125. The van der Waals surface area contributed by atoms with Crippen LogP contribution >= 0.6 is 11.3 Å². The second-order valence-electron chi connectivity index (χ2n) is 11.2. The molecule has 10 nitrogen and oxygen atoms in total. The maximum atomic E-state index is 14.6. The van der Waals surface area contributed by atoms with Crippen molar-refractivity contribution in [2.45, 2.75) is 71.4 Å². The minimum Gasteiger partial charge on any atom is -0.491 e. The monoisotopic (exact) mass is 605 g/mol. The summed E-state index contributed by atoms with van der Waals surface area (Å²) >= 11 is 1.38. The van der Waals surface area contributed by atoms with E-state index in [0.29, 0.717) is 36.7 Å². The summed E-state index contributed by atoms with van der Waals surface area (Å²) in [7, 11) is 2.90. The number of halogens is 1. The third-order valence-electron chi connectivity index (χ3n) is 5.88. The van der Waals surface area contributed by atoms with Gasteiger partial charge in [-0.3, -0.25) is 0 Å². The van der Waals surface area contributed by atoms with Crippen molar-refractivity contribution in [3.8, 4) is 17.6 Å². The van der Waals surface area contributed by atoms with Crippen LogP contribution in [-0.4, -0.2) is 79.9 Å². The first-order valence-electron chi connectivity index (χ1n) is 13.8. The average molecular weight is 606 g/mol. The molecule has 0 bridgehead atoms. The number of methoxy groups -OCH3 is 1. The van der Waals surface area contributed by atoms with Crippen molar-refractivity contribution < 1.29 is 37.7 Å². The van der Waals surface area contributed by atoms with Crippen LogP contribution in [0.5, 0.6) is 5.75 Å². The normalized spacial score (nSPS) is 15.9. The number of anilines is 1. The second kappa shape index (κ2) is 14.7. The van der Waals surface area contributed by atoms with Crippen molar-refractivity contribution in [3.05, 3.63) is 40.2 Å². The molecule has 0 saturated carbocycles. The molecule has 1 saturated heterocycles. The molecule has 3 rings (SSSR count). The molecule has 1 unspecified atom stereocenters. The zero-order valence-electron chi connectivity index (χ0n) is 25.3. The molecule has 1 fully saturated rings. The lowest BCUT2D eigenvalue weighted by Gasteiger charge is -2.23. The number of hydrogen-bond acceptors (Lipinski definition) is 10. The van der Waals surface area contributed by atoms with E-state index in [2.05, 4.69) is 22.1 Å². The van der Waals surface area contributed by atoms with Crippen LogP contribution in [0, 0.1) is 17.7 Å². The van der Waals surface area contributed by atoms with Gasteiger partial charge in [0, 0.05) is 24.0 Å². The molecule has 230 valence electrons. The zero-order chi connectivity index (χ0) is 30.9. The van der Waals surface area contributed by atoms with E-state index in [1.54, 1.807) is 33.9 Å². The molecular formula is C30H40FN3O7S. The van der Waals surface area contributed by atoms with Gasteiger partial charge < -0.3 is 33.9 Å². The summed E-state index contributed by atoms with van der Waals surface area (Å²) in [6.07, 6.45) is 1.29. The number of amides is 1. The van der Waals surface area contributed by atoms with E-state index in [0.717, 1.165) is 11.3 Å². The maximum Gasteiger partial charge on any atom is 0.410 e. The Balaban J connectivity index is 1.48. The summed E-state index contributed by atoms with van der Waals surface area (Å²) in [5, 5.41) is 3.86. The Labute approximate surface area is 250 Å². The molecule has 1 N–H and O–H groups in total. The summed E-state index contributed by atoms with van der Waals surface area (Å²) < 4.78 is 41.8. The van der Waals surface area contributed by atoms with Gasteiger partial charge in [0.2, 0.25) is 0 Å². The highest BCUT2D eigenvalue weighted by atomic mass is 32.1. The Hall–Kier alpha value is -3.40. The lowest BCUT2D eigenvalue weighted by atomic mass is 10.2. The zero-order valence-corrected chi connectivity index (χ0v) is 26.1. The van der Waals surface area contributed by atoms with Crippen LogP contribution in [0.4, 0.5) is 14.3 Å². The minimum atomic E-state index is -0.596. The van der Waals surface area contributed by atoms with E-state index >= 15 is 0 Å². The van der Waals surface area contributed by atoms with Crippen LogP contribution in [0.25, 0.3) is 0 Å². The van der Waals surface area contributed by atoms with Crippen LogP contribution in [0.3, 0.4) is 0 Å². The van der Waals surface area contributed by atoms with Gasteiger partial charge in [0.1, 0.15) is 5.60 Å². The predicted molar refractivity (Wildman–Crippen MR) is 157 cm³/mol. The van der Waals surface area contributed by atoms with Crippen molar-refractivity contribution in [1.29, 1.82) is 0 Å². The third-order valence-corrected chi connectivity index (χ3v) is 6.95. The van der Waals surface area contributed by atoms with Crippen LogP contribution in [-0.2, 0) is 25.4 Å². The summed E-state index contributed by atoms with van der Waals surface area (Å²) in [5.74, 6) is 4.17. The number of benzene rings is 1. The maximum absolute atomic E-state index is 14.6. The largest absolute Gasteiger partial charge is 0.491 e. The fourth-order valence-electron chi connectivity index (χ4n) is 3.87. The lowest BCUT2D eigenvalue weighted by molar-refractivity contribution is -0.138. The van der Waals surface area contributed by atoms with E-state index in [4.69, 9.17) is 23.7 Å². The SMILES string of the molecule is COC(=O)c1nc(NCCC2COC(C)(C)O2)sc1CCCOc1ccc(C#CCN(C)C(=O)OC(C)(C)C)cc1F. The first-order valence-corrected chi connectivity index (χ1v) is 14.6. The van der Waals surface area contributed by atoms with E-state index in [9.17, 15) is 14.0 Å². The number of nitrogens with one attached hydrogen (secondary N) is 1. The van der Waals surface area contributed by atoms with Gasteiger partial charge in [0.25, 0.3) is 0 Å². The van der Waals surface area contributed by atoms with E-state index < -0.39 is 29.3 Å². The number of thiazole rings is 1. The van der Waals surface area contributed by atoms with Gasteiger partial charge in [-0.15, -0.1) is 11.3 Å². The molecule has 1 aliphatic rings. The molecular weight excluding hydrogens is 565 g/mol. The highest BCUT2D eigenvalue weighted by Gasteiger charge is 2.32. The Bertz CT molecular complexity index is 1300. The Morgan fingerprint density at radius 1 is 1.31 bits per heavy atom. The van der Waals surface area contributed by atoms with Gasteiger partial charge in [-0.2, -0.15) is 0 Å².